The summed E-state index contributed by atoms with van der Waals surface area (Å²) in [5.74, 6) is -1.18. The number of alkyl halides is 1. The molecular weight excluding hydrogens is 290 g/mol. The maximum absolute atomic E-state index is 11.7. The van der Waals surface area contributed by atoms with E-state index in [1.165, 1.54) is 0 Å². The SMILES string of the molecule is CCc1cccc(C2(C)OC(C)C(C)O2)c1NC(=O)CCl. The van der Waals surface area contributed by atoms with Crippen molar-refractivity contribution in [3.8, 4) is 0 Å². The van der Waals surface area contributed by atoms with Gasteiger partial charge in [-0.25, -0.2) is 0 Å². The van der Waals surface area contributed by atoms with Crippen LogP contribution in [0.2, 0.25) is 0 Å². The molecule has 5 heteroatoms. The highest BCUT2D eigenvalue weighted by Crippen LogP contribution is 2.41. The molecule has 2 rings (SSSR count). The van der Waals surface area contributed by atoms with E-state index in [9.17, 15) is 4.79 Å². The lowest BCUT2D eigenvalue weighted by molar-refractivity contribution is -0.166. The molecular formula is C16H22ClNO3. The first-order chi connectivity index (χ1) is 9.91. The number of rotatable bonds is 4. The summed E-state index contributed by atoms with van der Waals surface area (Å²) in [7, 11) is 0. The van der Waals surface area contributed by atoms with Crippen LogP contribution < -0.4 is 5.32 Å². The van der Waals surface area contributed by atoms with Crippen LogP contribution >= 0.6 is 11.6 Å². The van der Waals surface area contributed by atoms with Crippen molar-refractivity contribution in [1.29, 1.82) is 0 Å². The van der Waals surface area contributed by atoms with Gasteiger partial charge in [0, 0.05) is 5.56 Å². The molecule has 1 aliphatic rings. The molecule has 2 unspecified atom stereocenters. The zero-order valence-electron chi connectivity index (χ0n) is 12.9. The maximum Gasteiger partial charge on any atom is 0.239 e. The van der Waals surface area contributed by atoms with Gasteiger partial charge in [-0.1, -0.05) is 25.1 Å². The molecule has 1 aromatic carbocycles. The molecule has 0 saturated carbocycles. The lowest BCUT2D eigenvalue weighted by Gasteiger charge is -2.27. The summed E-state index contributed by atoms with van der Waals surface area (Å²) in [4.78, 5) is 11.7. The molecule has 0 radical (unpaired) electrons. The summed E-state index contributed by atoms with van der Waals surface area (Å²) in [6.45, 7) is 7.89. The number of nitrogens with one attached hydrogen (secondary N) is 1. The molecule has 21 heavy (non-hydrogen) atoms. The topological polar surface area (TPSA) is 47.6 Å². The summed E-state index contributed by atoms with van der Waals surface area (Å²) in [5, 5.41) is 2.88. The van der Waals surface area contributed by atoms with Gasteiger partial charge in [-0.05, 0) is 32.8 Å². The van der Waals surface area contributed by atoms with Gasteiger partial charge >= 0.3 is 0 Å². The van der Waals surface area contributed by atoms with E-state index in [0.29, 0.717) is 0 Å². The monoisotopic (exact) mass is 311 g/mol. The molecule has 0 aromatic heterocycles. The maximum atomic E-state index is 11.7. The van der Waals surface area contributed by atoms with Gasteiger partial charge in [0.05, 0.1) is 17.9 Å². The minimum atomic E-state index is -0.862. The third-order valence-corrected chi connectivity index (χ3v) is 4.13. The average Bonchev–Trinajstić information content (AvgIpc) is 2.72. The second-order valence-corrected chi connectivity index (χ2v) is 5.73. The van der Waals surface area contributed by atoms with E-state index in [0.717, 1.165) is 23.2 Å². The Balaban J connectivity index is 2.45. The van der Waals surface area contributed by atoms with Crippen molar-refractivity contribution < 1.29 is 14.3 Å². The largest absolute Gasteiger partial charge is 0.340 e. The van der Waals surface area contributed by atoms with Crippen LogP contribution in [0.15, 0.2) is 18.2 Å². The Morgan fingerprint density at radius 2 is 1.95 bits per heavy atom. The van der Waals surface area contributed by atoms with Gasteiger partial charge in [-0.15, -0.1) is 11.6 Å². The van der Waals surface area contributed by atoms with Crippen molar-refractivity contribution >= 4 is 23.2 Å². The number of benzene rings is 1. The Hall–Kier alpha value is -1.10. The third kappa shape index (κ3) is 3.23. The number of amides is 1. The van der Waals surface area contributed by atoms with Crippen molar-refractivity contribution in [2.45, 2.75) is 52.1 Å². The van der Waals surface area contributed by atoms with Gasteiger partial charge in [0.2, 0.25) is 5.91 Å². The summed E-state index contributed by atoms with van der Waals surface area (Å²) >= 11 is 5.62. The fourth-order valence-electron chi connectivity index (χ4n) is 2.65. The minimum Gasteiger partial charge on any atom is -0.340 e. The molecule has 4 nitrogen and oxygen atoms in total. The third-order valence-electron chi connectivity index (χ3n) is 3.89. The van der Waals surface area contributed by atoms with Crippen molar-refractivity contribution in [3.05, 3.63) is 29.3 Å². The van der Waals surface area contributed by atoms with Gasteiger partial charge in [-0.2, -0.15) is 0 Å². The van der Waals surface area contributed by atoms with E-state index in [-0.39, 0.29) is 24.0 Å². The zero-order valence-corrected chi connectivity index (χ0v) is 13.7. The molecule has 1 saturated heterocycles. The highest BCUT2D eigenvalue weighted by Gasteiger charge is 2.43. The molecule has 1 amide bonds. The first-order valence-electron chi connectivity index (χ1n) is 7.25. The van der Waals surface area contributed by atoms with E-state index in [2.05, 4.69) is 5.32 Å². The van der Waals surface area contributed by atoms with Crippen LogP contribution in [0.1, 0.15) is 38.8 Å². The summed E-state index contributed by atoms with van der Waals surface area (Å²) < 4.78 is 12.0. The van der Waals surface area contributed by atoms with Crippen LogP contribution in [0.25, 0.3) is 0 Å². The molecule has 1 N–H and O–H groups in total. The van der Waals surface area contributed by atoms with E-state index >= 15 is 0 Å². The highest BCUT2D eigenvalue weighted by atomic mass is 35.5. The van der Waals surface area contributed by atoms with Gasteiger partial charge in [0.15, 0.2) is 5.79 Å². The van der Waals surface area contributed by atoms with Crippen LogP contribution in [-0.4, -0.2) is 24.0 Å². The fraction of sp³-hybridized carbons (Fsp3) is 0.562. The minimum absolute atomic E-state index is 0.00291. The lowest BCUT2D eigenvalue weighted by Crippen LogP contribution is -2.27. The number of hydrogen-bond donors (Lipinski definition) is 1. The number of carbonyl (C=O) groups is 1. The molecule has 1 heterocycles. The smallest absolute Gasteiger partial charge is 0.239 e. The van der Waals surface area contributed by atoms with E-state index in [1.54, 1.807) is 0 Å². The van der Waals surface area contributed by atoms with Crippen molar-refractivity contribution in [2.24, 2.45) is 0 Å². The number of anilines is 1. The summed E-state index contributed by atoms with van der Waals surface area (Å²) in [6, 6.07) is 5.86. The zero-order chi connectivity index (χ0) is 15.6. The van der Waals surface area contributed by atoms with Crippen LogP contribution in [0.5, 0.6) is 0 Å². The Morgan fingerprint density at radius 3 is 2.48 bits per heavy atom. The van der Waals surface area contributed by atoms with Gasteiger partial charge < -0.3 is 14.8 Å². The molecule has 1 aromatic rings. The molecule has 0 spiro atoms. The van der Waals surface area contributed by atoms with Crippen LogP contribution in [0, 0.1) is 0 Å². The second-order valence-electron chi connectivity index (χ2n) is 5.47. The van der Waals surface area contributed by atoms with Gasteiger partial charge in [-0.3, -0.25) is 4.79 Å². The van der Waals surface area contributed by atoms with Crippen molar-refractivity contribution in [3.63, 3.8) is 0 Å². The molecule has 0 bridgehead atoms. The summed E-state index contributed by atoms with van der Waals surface area (Å²) in [6.07, 6.45) is 0.793. The van der Waals surface area contributed by atoms with Gasteiger partial charge in [0.1, 0.15) is 5.88 Å². The molecule has 0 aliphatic carbocycles. The molecule has 1 aliphatic heterocycles. The normalized spacial score (nSPS) is 28.6. The highest BCUT2D eigenvalue weighted by molar-refractivity contribution is 6.29. The molecule has 1 fully saturated rings. The second kappa shape index (κ2) is 6.34. The van der Waals surface area contributed by atoms with E-state index in [4.69, 9.17) is 21.1 Å². The fourth-order valence-corrected chi connectivity index (χ4v) is 2.72. The number of para-hydroxylation sites is 1. The standard InChI is InChI=1S/C16H22ClNO3/c1-5-12-7-6-8-13(15(12)18-14(19)9-17)16(4)20-10(2)11(3)21-16/h6-8,10-11H,5,9H2,1-4H3,(H,18,19). The summed E-state index contributed by atoms with van der Waals surface area (Å²) in [5.41, 5.74) is 2.61. The number of ether oxygens (including phenoxy) is 2. The number of hydrogen-bond acceptors (Lipinski definition) is 3. The molecule has 116 valence electrons. The quantitative estimate of drug-likeness (QED) is 0.867. The first kappa shape index (κ1) is 16.3. The van der Waals surface area contributed by atoms with E-state index in [1.807, 2.05) is 45.9 Å². The molecule has 2 atom stereocenters. The Labute approximate surface area is 130 Å². The van der Waals surface area contributed by atoms with E-state index < -0.39 is 5.79 Å². The lowest BCUT2D eigenvalue weighted by atomic mass is 9.99. The first-order valence-corrected chi connectivity index (χ1v) is 7.78. The number of aryl methyl sites for hydroxylation is 1. The van der Waals surface area contributed by atoms with Crippen molar-refractivity contribution in [1.82, 2.24) is 0 Å². The van der Waals surface area contributed by atoms with Crippen molar-refractivity contribution in [2.75, 3.05) is 11.2 Å². The predicted octanol–water partition coefficient (Wildman–Crippen LogP) is 3.42. The predicted molar refractivity (Wildman–Crippen MR) is 83.6 cm³/mol. The Kier molecular flexibility index (Phi) is 4.91. The Bertz CT molecular complexity index is 522. The van der Waals surface area contributed by atoms with Crippen LogP contribution in [0.3, 0.4) is 0 Å². The van der Waals surface area contributed by atoms with Gasteiger partial charge in [0.25, 0.3) is 0 Å². The van der Waals surface area contributed by atoms with Crippen LogP contribution in [0.4, 0.5) is 5.69 Å². The number of carbonyl (C=O) groups excluding carboxylic acids is 1. The number of halogens is 1. The average molecular weight is 312 g/mol. The van der Waals surface area contributed by atoms with Crippen LogP contribution in [-0.2, 0) is 26.5 Å². The Morgan fingerprint density at radius 1 is 1.33 bits per heavy atom.